The number of carbonyl (C=O) groups excluding carboxylic acids is 1. The van der Waals surface area contributed by atoms with Crippen LogP contribution < -0.4 is 5.73 Å². The second-order valence-corrected chi connectivity index (χ2v) is 3.61. The molecule has 0 aromatic heterocycles. The second kappa shape index (κ2) is 6.11. The lowest BCUT2D eigenvalue weighted by atomic mass is 10.0. The van der Waals surface area contributed by atoms with Crippen molar-refractivity contribution in [2.45, 2.75) is 19.1 Å². The smallest absolute Gasteiger partial charge is 0.342 e. The fraction of sp³-hybridized carbons (Fsp3) is 0.333. The summed E-state index contributed by atoms with van der Waals surface area (Å²) in [5.41, 5.74) is 5.97. The summed E-state index contributed by atoms with van der Waals surface area (Å²) in [6, 6.07) is 4.18. The molecule has 1 unspecified atom stereocenters. The Morgan fingerprint density at radius 3 is 2.39 bits per heavy atom. The van der Waals surface area contributed by atoms with Crippen molar-refractivity contribution in [3.63, 3.8) is 0 Å². The Hall–Kier alpha value is -1.95. The van der Waals surface area contributed by atoms with Crippen molar-refractivity contribution in [1.29, 1.82) is 0 Å². The second-order valence-electron chi connectivity index (χ2n) is 3.61. The van der Waals surface area contributed by atoms with E-state index in [1.807, 2.05) is 0 Å². The number of nitrogens with two attached hydrogens (primary N) is 1. The lowest BCUT2D eigenvalue weighted by molar-refractivity contribution is -0.149. The maximum atomic E-state index is 13.6. The first kappa shape index (κ1) is 14.1. The van der Waals surface area contributed by atoms with Gasteiger partial charge in [-0.05, 0) is 24.6 Å². The third kappa shape index (κ3) is 3.27. The number of aromatic carboxylic acids is 1. The first-order chi connectivity index (χ1) is 8.47. The Bertz CT molecular complexity index is 432. The molecule has 1 aromatic carbocycles. The fourth-order valence-electron chi connectivity index (χ4n) is 1.39. The van der Waals surface area contributed by atoms with Gasteiger partial charge in [-0.1, -0.05) is 12.1 Å². The highest BCUT2D eigenvalue weighted by atomic mass is 19.1. The van der Waals surface area contributed by atoms with Gasteiger partial charge in [0.25, 0.3) is 0 Å². The zero-order valence-electron chi connectivity index (χ0n) is 9.80. The molecule has 0 fully saturated rings. The number of carboxylic acids is 1. The molecular formula is C12H14FNO4. The SMILES string of the molecule is CCOC(=O)C(F)[C@H](N)c1ccc(C(=O)O)cc1. The molecule has 98 valence electrons. The topological polar surface area (TPSA) is 89.6 Å². The predicted molar refractivity (Wildman–Crippen MR) is 61.9 cm³/mol. The summed E-state index contributed by atoms with van der Waals surface area (Å²) in [5, 5.41) is 8.70. The molecule has 0 aliphatic carbocycles. The van der Waals surface area contributed by atoms with E-state index in [0.29, 0.717) is 5.56 Å². The molecule has 0 amide bonds. The number of rotatable bonds is 5. The van der Waals surface area contributed by atoms with Gasteiger partial charge in [0.15, 0.2) is 0 Å². The Labute approximate surface area is 103 Å². The summed E-state index contributed by atoms with van der Waals surface area (Å²) >= 11 is 0. The largest absolute Gasteiger partial charge is 0.478 e. The maximum absolute atomic E-state index is 13.6. The van der Waals surface area contributed by atoms with E-state index in [1.54, 1.807) is 6.92 Å². The van der Waals surface area contributed by atoms with Gasteiger partial charge >= 0.3 is 11.9 Å². The number of halogens is 1. The van der Waals surface area contributed by atoms with E-state index in [1.165, 1.54) is 24.3 Å². The molecule has 0 heterocycles. The fourth-order valence-corrected chi connectivity index (χ4v) is 1.39. The third-order valence-electron chi connectivity index (χ3n) is 2.37. The summed E-state index contributed by atoms with van der Waals surface area (Å²) in [6.07, 6.45) is -1.97. The van der Waals surface area contributed by atoms with E-state index in [9.17, 15) is 14.0 Å². The van der Waals surface area contributed by atoms with Gasteiger partial charge < -0.3 is 15.6 Å². The number of hydrogen-bond acceptors (Lipinski definition) is 4. The van der Waals surface area contributed by atoms with E-state index in [4.69, 9.17) is 10.8 Å². The molecule has 0 saturated heterocycles. The molecule has 0 saturated carbocycles. The number of ether oxygens (including phenoxy) is 1. The molecular weight excluding hydrogens is 241 g/mol. The van der Waals surface area contributed by atoms with Crippen LogP contribution in [0.4, 0.5) is 4.39 Å². The van der Waals surface area contributed by atoms with E-state index < -0.39 is 24.2 Å². The van der Waals surface area contributed by atoms with Crippen LogP contribution in [0.5, 0.6) is 0 Å². The quantitative estimate of drug-likeness (QED) is 0.774. The molecule has 0 bridgehead atoms. The van der Waals surface area contributed by atoms with Gasteiger partial charge in [0, 0.05) is 0 Å². The first-order valence-electron chi connectivity index (χ1n) is 5.37. The van der Waals surface area contributed by atoms with Crippen LogP contribution in [0.1, 0.15) is 28.9 Å². The molecule has 6 heteroatoms. The van der Waals surface area contributed by atoms with Gasteiger partial charge in [0.05, 0.1) is 18.2 Å². The van der Waals surface area contributed by atoms with Gasteiger partial charge in [-0.2, -0.15) is 0 Å². The lowest BCUT2D eigenvalue weighted by Crippen LogP contribution is -2.31. The Balaban J connectivity index is 2.80. The van der Waals surface area contributed by atoms with Crippen molar-refractivity contribution < 1.29 is 23.8 Å². The average Bonchev–Trinajstić information content (AvgIpc) is 2.37. The van der Waals surface area contributed by atoms with Gasteiger partial charge in [-0.25, -0.2) is 14.0 Å². The van der Waals surface area contributed by atoms with Crippen LogP contribution in [0, 0.1) is 0 Å². The van der Waals surface area contributed by atoms with Crippen molar-refractivity contribution >= 4 is 11.9 Å². The van der Waals surface area contributed by atoms with Crippen molar-refractivity contribution in [2.24, 2.45) is 5.73 Å². The predicted octanol–water partition coefficient (Wildman–Crippen LogP) is 1.29. The number of esters is 1. The number of carboxylic acid groups (broad SMARTS) is 1. The minimum Gasteiger partial charge on any atom is -0.478 e. The zero-order chi connectivity index (χ0) is 13.7. The monoisotopic (exact) mass is 255 g/mol. The standard InChI is InChI=1S/C12H14FNO4/c1-2-18-12(17)9(13)10(14)7-3-5-8(6-4-7)11(15)16/h3-6,9-10H,2,14H2,1H3,(H,15,16)/t9?,10-/m1/s1. The molecule has 1 rings (SSSR count). The van der Waals surface area contributed by atoms with Crippen molar-refractivity contribution in [3.8, 4) is 0 Å². The van der Waals surface area contributed by atoms with E-state index >= 15 is 0 Å². The average molecular weight is 255 g/mol. The minimum absolute atomic E-state index is 0.0671. The lowest BCUT2D eigenvalue weighted by Gasteiger charge is -2.15. The molecule has 3 N–H and O–H groups in total. The molecule has 2 atom stereocenters. The Morgan fingerprint density at radius 1 is 1.39 bits per heavy atom. The van der Waals surface area contributed by atoms with Gasteiger partial charge in [-0.15, -0.1) is 0 Å². The van der Waals surface area contributed by atoms with Crippen molar-refractivity contribution in [2.75, 3.05) is 6.61 Å². The highest BCUT2D eigenvalue weighted by Gasteiger charge is 2.27. The highest BCUT2D eigenvalue weighted by Crippen LogP contribution is 2.18. The van der Waals surface area contributed by atoms with E-state index in [0.717, 1.165) is 0 Å². The highest BCUT2D eigenvalue weighted by molar-refractivity contribution is 5.87. The van der Waals surface area contributed by atoms with Crippen LogP contribution in [-0.2, 0) is 9.53 Å². The summed E-state index contributed by atoms with van der Waals surface area (Å²) in [7, 11) is 0. The maximum Gasteiger partial charge on any atom is 0.342 e. The molecule has 0 spiro atoms. The van der Waals surface area contributed by atoms with Crippen LogP contribution in [0.2, 0.25) is 0 Å². The van der Waals surface area contributed by atoms with Crippen LogP contribution in [0.3, 0.4) is 0 Å². The van der Waals surface area contributed by atoms with Crippen LogP contribution in [-0.4, -0.2) is 29.8 Å². The van der Waals surface area contributed by atoms with E-state index in [2.05, 4.69) is 4.74 Å². The molecule has 0 aliphatic rings. The normalized spacial score (nSPS) is 13.7. The Kier molecular flexibility index (Phi) is 4.79. The zero-order valence-corrected chi connectivity index (χ0v) is 9.80. The summed E-state index contributed by atoms with van der Waals surface area (Å²) < 4.78 is 18.1. The number of carbonyl (C=O) groups is 2. The van der Waals surface area contributed by atoms with Crippen LogP contribution in [0.15, 0.2) is 24.3 Å². The first-order valence-corrected chi connectivity index (χ1v) is 5.37. The van der Waals surface area contributed by atoms with Crippen molar-refractivity contribution in [3.05, 3.63) is 35.4 Å². The van der Waals surface area contributed by atoms with Crippen LogP contribution in [0.25, 0.3) is 0 Å². The molecule has 1 aromatic rings. The van der Waals surface area contributed by atoms with Gasteiger partial charge in [-0.3, -0.25) is 0 Å². The third-order valence-corrected chi connectivity index (χ3v) is 2.37. The van der Waals surface area contributed by atoms with E-state index in [-0.39, 0.29) is 12.2 Å². The summed E-state index contributed by atoms with van der Waals surface area (Å²) in [6.45, 7) is 1.64. The summed E-state index contributed by atoms with van der Waals surface area (Å²) in [4.78, 5) is 21.8. The number of alkyl halides is 1. The molecule has 0 radical (unpaired) electrons. The van der Waals surface area contributed by atoms with Crippen molar-refractivity contribution in [1.82, 2.24) is 0 Å². The van der Waals surface area contributed by atoms with Gasteiger partial charge in [0.2, 0.25) is 6.17 Å². The number of hydrogen-bond donors (Lipinski definition) is 2. The Morgan fingerprint density at radius 2 is 1.94 bits per heavy atom. The molecule has 18 heavy (non-hydrogen) atoms. The molecule has 5 nitrogen and oxygen atoms in total. The minimum atomic E-state index is -1.97. The summed E-state index contributed by atoms with van der Waals surface area (Å²) in [5.74, 6) is -2.11. The number of benzene rings is 1. The van der Waals surface area contributed by atoms with Gasteiger partial charge in [0.1, 0.15) is 0 Å². The van der Waals surface area contributed by atoms with Crippen LogP contribution >= 0.6 is 0 Å². The molecule has 0 aliphatic heterocycles.